The van der Waals surface area contributed by atoms with Gasteiger partial charge in [-0.2, -0.15) is 0 Å². The number of amides is 1. The second-order valence-corrected chi connectivity index (χ2v) is 7.09. The van der Waals surface area contributed by atoms with Crippen LogP contribution in [0.3, 0.4) is 0 Å². The van der Waals surface area contributed by atoms with Gasteiger partial charge in [0, 0.05) is 25.7 Å². The molecule has 0 bridgehead atoms. The van der Waals surface area contributed by atoms with Crippen LogP contribution in [0.1, 0.15) is 24.0 Å². The Morgan fingerprint density at radius 2 is 1.84 bits per heavy atom. The summed E-state index contributed by atoms with van der Waals surface area (Å²) in [6.07, 6.45) is 8.42. The van der Waals surface area contributed by atoms with Crippen molar-refractivity contribution in [1.29, 1.82) is 5.41 Å². The maximum atomic E-state index is 12.0. The van der Waals surface area contributed by atoms with Crippen LogP contribution in [0.4, 0.5) is 0 Å². The van der Waals surface area contributed by atoms with E-state index in [-0.39, 0.29) is 23.4 Å². The lowest BCUT2D eigenvalue weighted by atomic mass is 10.2. The molecule has 0 aliphatic heterocycles. The average molecular weight is 439 g/mol. The lowest BCUT2D eigenvalue weighted by Crippen LogP contribution is -2.37. The fraction of sp³-hybridized carbons (Fsp3) is 0.250. The highest BCUT2D eigenvalue weighted by Crippen LogP contribution is 2.26. The molecule has 0 atom stereocenters. The van der Waals surface area contributed by atoms with E-state index in [1.807, 2.05) is 12.2 Å². The minimum Gasteiger partial charge on any atom is -0.508 e. The molecular weight excluding hydrogens is 408 g/mol. The molecule has 0 radical (unpaired) electrons. The molecule has 0 spiro atoms. The predicted molar refractivity (Wildman–Crippen MR) is 127 cm³/mol. The number of unbranched alkanes of at least 4 members (excludes halogenated alkanes) is 1. The number of hydrogen-bond donors (Lipinski definition) is 5. The third-order valence-electron chi connectivity index (χ3n) is 4.65. The van der Waals surface area contributed by atoms with Gasteiger partial charge in [-0.1, -0.05) is 30.4 Å². The van der Waals surface area contributed by atoms with Crippen molar-refractivity contribution in [1.82, 2.24) is 10.2 Å². The number of benzene rings is 2. The van der Waals surface area contributed by atoms with E-state index in [2.05, 4.69) is 5.32 Å². The molecule has 0 aromatic heterocycles. The first-order valence-corrected chi connectivity index (χ1v) is 10.3. The van der Waals surface area contributed by atoms with Gasteiger partial charge in [0.15, 0.2) is 17.5 Å². The van der Waals surface area contributed by atoms with Crippen molar-refractivity contribution < 1.29 is 19.7 Å². The van der Waals surface area contributed by atoms with Crippen LogP contribution in [0.5, 0.6) is 17.2 Å². The number of hydrogen-bond acceptors (Lipinski definition) is 5. The number of carbonyl (C=O) groups excluding carboxylic acids is 1. The highest BCUT2D eigenvalue weighted by atomic mass is 16.5. The van der Waals surface area contributed by atoms with Crippen LogP contribution in [-0.4, -0.2) is 53.7 Å². The molecule has 2 aromatic carbocycles. The van der Waals surface area contributed by atoms with E-state index >= 15 is 0 Å². The number of phenols is 2. The number of nitrogens with one attached hydrogen (secondary N) is 2. The molecule has 0 saturated carbocycles. The standard InChI is InChI=1S/C24H30N4O4/c1-32-22-17-19(8-12-21(22)30)9-13-23(31)27-14-2-3-15-28(24(25)26)16-4-5-18-6-10-20(29)11-7-18/h4-13,17,29-30H,2-3,14-16H2,1H3,(H3,25,26)(H,27,31)/b5-4+,13-9+. The number of phenolic OH excluding ortho intramolecular Hbond substituents is 2. The Kier molecular flexibility index (Phi) is 9.65. The highest BCUT2D eigenvalue weighted by Gasteiger charge is 2.05. The van der Waals surface area contributed by atoms with Crippen LogP contribution >= 0.6 is 0 Å². The Morgan fingerprint density at radius 1 is 1.12 bits per heavy atom. The van der Waals surface area contributed by atoms with E-state index in [4.69, 9.17) is 15.9 Å². The van der Waals surface area contributed by atoms with Crippen molar-refractivity contribution in [2.24, 2.45) is 5.73 Å². The first-order valence-electron chi connectivity index (χ1n) is 10.3. The van der Waals surface area contributed by atoms with Gasteiger partial charge in [-0.15, -0.1) is 0 Å². The number of ether oxygens (including phenoxy) is 1. The molecule has 0 fully saturated rings. The number of nitrogens with zero attached hydrogens (tertiary/aromatic N) is 1. The summed E-state index contributed by atoms with van der Waals surface area (Å²) < 4.78 is 5.05. The van der Waals surface area contributed by atoms with Crippen LogP contribution in [0, 0.1) is 5.41 Å². The van der Waals surface area contributed by atoms with Gasteiger partial charge in [0.25, 0.3) is 0 Å². The lowest BCUT2D eigenvalue weighted by molar-refractivity contribution is -0.116. The van der Waals surface area contributed by atoms with Crippen molar-refractivity contribution >= 4 is 24.0 Å². The van der Waals surface area contributed by atoms with Gasteiger partial charge in [-0.05, 0) is 54.3 Å². The first-order chi connectivity index (χ1) is 15.4. The lowest BCUT2D eigenvalue weighted by Gasteiger charge is -2.20. The van der Waals surface area contributed by atoms with Gasteiger partial charge in [-0.3, -0.25) is 10.2 Å². The monoisotopic (exact) mass is 438 g/mol. The van der Waals surface area contributed by atoms with Crippen LogP contribution in [0.25, 0.3) is 12.2 Å². The number of carbonyl (C=O) groups is 1. The summed E-state index contributed by atoms with van der Waals surface area (Å²) in [4.78, 5) is 13.7. The number of guanidine groups is 1. The predicted octanol–water partition coefficient (Wildman–Crippen LogP) is 2.92. The van der Waals surface area contributed by atoms with Gasteiger partial charge in [-0.25, -0.2) is 0 Å². The second-order valence-electron chi connectivity index (χ2n) is 7.09. The first kappa shape index (κ1) is 24.3. The molecule has 6 N–H and O–H groups in total. The van der Waals surface area contributed by atoms with E-state index in [0.717, 1.165) is 24.0 Å². The smallest absolute Gasteiger partial charge is 0.243 e. The van der Waals surface area contributed by atoms with Crippen LogP contribution in [-0.2, 0) is 4.79 Å². The van der Waals surface area contributed by atoms with Crippen LogP contribution in [0.15, 0.2) is 54.6 Å². The number of methoxy groups -OCH3 is 1. The third kappa shape index (κ3) is 8.43. The van der Waals surface area contributed by atoms with Crippen molar-refractivity contribution in [3.63, 3.8) is 0 Å². The van der Waals surface area contributed by atoms with Gasteiger partial charge in [0.1, 0.15) is 5.75 Å². The van der Waals surface area contributed by atoms with Gasteiger partial charge in [0.05, 0.1) is 7.11 Å². The average Bonchev–Trinajstić information content (AvgIpc) is 2.78. The Balaban J connectivity index is 1.69. The summed E-state index contributed by atoms with van der Waals surface area (Å²) in [7, 11) is 1.47. The molecule has 0 aliphatic rings. The molecule has 32 heavy (non-hydrogen) atoms. The molecule has 8 heteroatoms. The molecule has 1 amide bonds. The summed E-state index contributed by atoms with van der Waals surface area (Å²) in [6, 6.07) is 11.7. The van der Waals surface area contributed by atoms with Gasteiger partial charge in [0.2, 0.25) is 5.91 Å². The number of rotatable bonds is 11. The Labute approximate surface area is 188 Å². The Morgan fingerprint density at radius 3 is 2.53 bits per heavy atom. The number of nitrogens with two attached hydrogens (primary N) is 1. The normalized spacial score (nSPS) is 11.0. The van der Waals surface area contributed by atoms with Crippen molar-refractivity contribution in [2.45, 2.75) is 12.8 Å². The van der Waals surface area contributed by atoms with Crippen molar-refractivity contribution in [2.75, 3.05) is 26.7 Å². The maximum absolute atomic E-state index is 12.0. The summed E-state index contributed by atoms with van der Waals surface area (Å²) in [5.74, 6) is 0.398. The molecule has 2 rings (SSSR count). The topological polar surface area (TPSA) is 132 Å². The fourth-order valence-electron chi connectivity index (χ4n) is 2.88. The summed E-state index contributed by atoms with van der Waals surface area (Å²) in [5, 5.41) is 29.4. The van der Waals surface area contributed by atoms with Crippen molar-refractivity contribution in [3.05, 3.63) is 65.7 Å². The van der Waals surface area contributed by atoms with E-state index in [0.29, 0.717) is 25.4 Å². The summed E-state index contributed by atoms with van der Waals surface area (Å²) in [6.45, 7) is 1.62. The summed E-state index contributed by atoms with van der Waals surface area (Å²) in [5.41, 5.74) is 7.36. The quantitative estimate of drug-likeness (QED) is 0.159. The molecule has 8 nitrogen and oxygen atoms in total. The molecule has 0 saturated heterocycles. The van der Waals surface area contributed by atoms with Crippen LogP contribution < -0.4 is 15.8 Å². The SMILES string of the molecule is COc1cc(/C=C/C(=O)NCCCCN(C/C=C/c2ccc(O)cc2)C(=N)N)ccc1O. The highest BCUT2D eigenvalue weighted by molar-refractivity contribution is 5.91. The van der Waals surface area contributed by atoms with Crippen LogP contribution in [0.2, 0.25) is 0 Å². The Hall–Kier alpha value is -3.94. The summed E-state index contributed by atoms with van der Waals surface area (Å²) >= 11 is 0. The molecule has 0 heterocycles. The zero-order valence-corrected chi connectivity index (χ0v) is 18.1. The minimum absolute atomic E-state index is 0.00310. The molecular formula is C24H30N4O4. The third-order valence-corrected chi connectivity index (χ3v) is 4.65. The van der Waals surface area contributed by atoms with Gasteiger partial charge < -0.3 is 30.9 Å². The zero-order chi connectivity index (χ0) is 23.3. The maximum Gasteiger partial charge on any atom is 0.243 e. The minimum atomic E-state index is -0.211. The van der Waals surface area contributed by atoms with E-state index in [1.54, 1.807) is 47.4 Å². The molecule has 0 aliphatic carbocycles. The van der Waals surface area contributed by atoms with E-state index in [9.17, 15) is 15.0 Å². The molecule has 2 aromatic rings. The molecule has 0 unspecified atom stereocenters. The Bertz CT molecular complexity index is 955. The van der Waals surface area contributed by atoms with Gasteiger partial charge >= 0.3 is 0 Å². The fourth-order valence-corrected chi connectivity index (χ4v) is 2.88. The zero-order valence-electron chi connectivity index (χ0n) is 18.1. The molecule has 170 valence electrons. The second kappa shape index (κ2) is 12.7. The van der Waals surface area contributed by atoms with E-state index < -0.39 is 0 Å². The van der Waals surface area contributed by atoms with E-state index in [1.165, 1.54) is 19.3 Å². The largest absolute Gasteiger partial charge is 0.508 e. The van der Waals surface area contributed by atoms with Crippen molar-refractivity contribution in [3.8, 4) is 17.2 Å². The number of aromatic hydroxyl groups is 2.